The van der Waals surface area contributed by atoms with Crippen LogP contribution in [-0.4, -0.2) is 25.9 Å². The highest BCUT2D eigenvalue weighted by Gasteiger charge is 2.22. The van der Waals surface area contributed by atoms with Crippen molar-refractivity contribution in [3.05, 3.63) is 82.7 Å². The van der Waals surface area contributed by atoms with Crippen LogP contribution in [0, 0.1) is 0 Å². The third kappa shape index (κ3) is 4.30. The maximum absolute atomic E-state index is 12.9. The van der Waals surface area contributed by atoms with Crippen molar-refractivity contribution in [2.75, 3.05) is 11.9 Å². The predicted molar refractivity (Wildman–Crippen MR) is 120 cm³/mol. The number of carbonyl (C=O) groups is 1. The van der Waals surface area contributed by atoms with E-state index in [1.165, 1.54) is 19.1 Å². The van der Waals surface area contributed by atoms with E-state index in [1.54, 1.807) is 23.5 Å². The van der Waals surface area contributed by atoms with Gasteiger partial charge in [-0.05, 0) is 47.3 Å². The summed E-state index contributed by atoms with van der Waals surface area (Å²) < 4.78 is 28.5. The zero-order chi connectivity index (χ0) is 21.1. The highest BCUT2D eigenvalue weighted by atomic mass is 32.2. The van der Waals surface area contributed by atoms with Gasteiger partial charge in [0.2, 0.25) is 15.9 Å². The molecule has 0 fully saturated rings. The number of thiophene rings is 1. The van der Waals surface area contributed by atoms with Crippen LogP contribution in [-0.2, 0) is 14.8 Å². The fourth-order valence-electron chi connectivity index (χ4n) is 3.43. The van der Waals surface area contributed by atoms with E-state index < -0.39 is 10.0 Å². The summed E-state index contributed by atoms with van der Waals surface area (Å²) in [5.41, 5.74) is 2.62. The first-order valence-electron chi connectivity index (χ1n) is 9.41. The lowest BCUT2D eigenvalue weighted by Gasteiger charge is -2.16. The minimum atomic E-state index is -3.70. The molecular weight excluding hydrogens is 418 g/mol. The van der Waals surface area contributed by atoms with Crippen LogP contribution < -0.4 is 10.0 Å². The number of benzene rings is 2. The number of hydrogen-bond donors (Lipinski definition) is 3. The number of sulfonamides is 1. The average Bonchev–Trinajstić information content (AvgIpc) is 3.39. The molecular formula is C22H21N3O3S2. The number of fused-ring (bicyclic) bond motifs is 1. The molecule has 1 amide bonds. The fraction of sp³-hybridized carbons (Fsp3) is 0.136. The summed E-state index contributed by atoms with van der Waals surface area (Å²) in [6.07, 6.45) is 1.95. The van der Waals surface area contributed by atoms with Crippen LogP contribution in [0.3, 0.4) is 0 Å². The van der Waals surface area contributed by atoms with Crippen LogP contribution in [0.4, 0.5) is 5.69 Å². The SMILES string of the molecule is CC(=O)Nc1ccc(S(=O)(=O)NCC(c2cccs2)c2c[nH]c3ccccc23)cc1. The predicted octanol–water partition coefficient (Wildman–Crippen LogP) is 4.30. The molecule has 30 heavy (non-hydrogen) atoms. The molecule has 2 aromatic carbocycles. The summed E-state index contributed by atoms with van der Waals surface area (Å²) in [4.78, 5) is 15.7. The Bertz CT molecular complexity index is 1260. The molecule has 0 saturated carbocycles. The van der Waals surface area contributed by atoms with Gasteiger partial charge in [-0.25, -0.2) is 13.1 Å². The van der Waals surface area contributed by atoms with Crippen LogP contribution in [0.5, 0.6) is 0 Å². The number of anilines is 1. The van der Waals surface area contributed by atoms with E-state index in [0.717, 1.165) is 21.3 Å². The van der Waals surface area contributed by atoms with E-state index in [1.807, 2.05) is 48.0 Å². The Morgan fingerprint density at radius 2 is 1.83 bits per heavy atom. The first-order valence-corrected chi connectivity index (χ1v) is 11.8. The molecule has 8 heteroatoms. The standard InChI is InChI=1S/C22H21N3O3S2/c1-15(26)25-16-8-10-17(11-9-16)30(27,28)24-14-20(22-7-4-12-29-22)19-13-23-21-6-3-2-5-18(19)21/h2-13,20,23-24H,14H2,1H3,(H,25,26). The number of aromatic nitrogens is 1. The third-order valence-electron chi connectivity index (χ3n) is 4.85. The van der Waals surface area contributed by atoms with Gasteiger partial charge in [0, 0.05) is 47.1 Å². The van der Waals surface area contributed by atoms with Crippen molar-refractivity contribution in [1.82, 2.24) is 9.71 Å². The van der Waals surface area contributed by atoms with Gasteiger partial charge in [-0.15, -0.1) is 11.3 Å². The smallest absolute Gasteiger partial charge is 0.240 e. The van der Waals surface area contributed by atoms with E-state index in [4.69, 9.17) is 0 Å². The number of carbonyl (C=O) groups excluding carboxylic acids is 1. The Morgan fingerprint density at radius 3 is 2.53 bits per heavy atom. The van der Waals surface area contributed by atoms with E-state index in [9.17, 15) is 13.2 Å². The summed E-state index contributed by atoms with van der Waals surface area (Å²) in [5.74, 6) is -0.323. The number of aromatic amines is 1. The lowest BCUT2D eigenvalue weighted by atomic mass is 9.97. The molecule has 1 unspecified atom stereocenters. The van der Waals surface area contributed by atoms with Gasteiger partial charge in [0.15, 0.2) is 0 Å². The second kappa shape index (κ2) is 8.43. The Hall–Kier alpha value is -2.94. The van der Waals surface area contributed by atoms with Crippen LogP contribution in [0.25, 0.3) is 10.9 Å². The number of H-pyrrole nitrogens is 1. The van der Waals surface area contributed by atoms with Gasteiger partial charge in [-0.1, -0.05) is 24.3 Å². The molecule has 0 spiro atoms. The molecule has 154 valence electrons. The molecule has 0 radical (unpaired) electrons. The molecule has 2 aromatic heterocycles. The second-order valence-corrected chi connectivity index (χ2v) is 9.66. The van der Waals surface area contributed by atoms with Gasteiger partial charge >= 0.3 is 0 Å². The Morgan fingerprint density at radius 1 is 1.07 bits per heavy atom. The first-order chi connectivity index (χ1) is 14.4. The Balaban J connectivity index is 1.59. The summed E-state index contributed by atoms with van der Waals surface area (Å²) in [7, 11) is -3.70. The van der Waals surface area contributed by atoms with E-state index in [-0.39, 0.29) is 23.3 Å². The molecule has 0 aliphatic rings. The molecule has 6 nitrogen and oxygen atoms in total. The van der Waals surface area contributed by atoms with Crippen LogP contribution in [0.1, 0.15) is 23.3 Å². The topological polar surface area (TPSA) is 91.1 Å². The van der Waals surface area contributed by atoms with Gasteiger partial charge < -0.3 is 10.3 Å². The molecule has 0 bridgehead atoms. The largest absolute Gasteiger partial charge is 0.361 e. The minimum absolute atomic E-state index is 0.116. The Labute approximate surface area is 179 Å². The number of hydrogen-bond acceptors (Lipinski definition) is 4. The normalized spacial score (nSPS) is 12.7. The lowest BCUT2D eigenvalue weighted by Crippen LogP contribution is -2.28. The highest BCUT2D eigenvalue weighted by molar-refractivity contribution is 7.89. The molecule has 0 aliphatic heterocycles. The summed E-state index contributed by atoms with van der Waals surface area (Å²) in [6, 6.07) is 18.1. The van der Waals surface area contributed by atoms with Crippen molar-refractivity contribution >= 4 is 43.9 Å². The quantitative estimate of drug-likeness (QED) is 0.401. The van der Waals surface area contributed by atoms with Gasteiger partial charge in [-0.3, -0.25) is 4.79 Å². The monoisotopic (exact) mass is 439 g/mol. The maximum Gasteiger partial charge on any atom is 0.240 e. The van der Waals surface area contributed by atoms with Crippen molar-refractivity contribution in [3.8, 4) is 0 Å². The number of amides is 1. The number of rotatable bonds is 7. The molecule has 4 aromatic rings. The van der Waals surface area contributed by atoms with Crippen LogP contribution in [0.15, 0.2) is 77.1 Å². The highest BCUT2D eigenvalue weighted by Crippen LogP contribution is 2.33. The number of nitrogens with one attached hydrogen (secondary N) is 3. The first kappa shape index (κ1) is 20.3. The van der Waals surface area contributed by atoms with Crippen molar-refractivity contribution in [2.24, 2.45) is 0 Å². The molecule has 4 rings (SSSR count). The molecule has 0 saturated heterocycles. The summed E-state index contributed by atoms with van der Waals surface area (Å²) in [6.45, 7) is 1.64. The second-order valence-electron chi connectivity index (χ2n) is 6.92. The van der Waals surface area contributed by atoms with Crippen LogP contribution >= 0.6 is 11.3 Å². The van der Waals surface area contributed by atoms with Crippen molar-refractivity contribution < 1.29 is 13.2 Å². The molecule has 2 heterocycles. The van der Waals surface area contributed by atoms with E-state index in [2.05, 4.69) is 15.0 Å². The summed E-state index contributed by atoms with van der Waals surface area (Å²) in [5, 5.41) is 5.70. The lowest BCUT2D eigenvalue weighted by molar-refractivity contribution is -0.114. The molecule has 1 atom stereocenters. The van der Waals surface area contributed by atoms with E-state index >= 15 is 0 Å². The van der Waals surface area contributed by atoms with Crippen molar-refractivity contribution in [2.45, 2.75) is 17.7 Å². The molecule has 3 N–H and O–H groups in total. The third-order valence-corrected chi connectivity index (χ3v) is 7.27. The average molecular weight is 440 g/mol. The van der Waals surface area contributed by atoms with Crippen molar-refractivity contribution in [1.29, 1.82) is 0 Å². The van der Waals surface area contributed by atoms with Gasteiger partial charge in [0.05, 0.1) is 4.90 Å². The van der Waals surface area contributed by atoms with Gasteiger partial charge in [0.1, 0.15) is 0 Å². The maximum atomic E-state index is 12.9. The van der Waals surface area contributed by atoms with Crippen LogP contribution in [0.2, 0.25) is 0 Å². The zero-order valence-electron chi connectivity index (χ0n) is 16.3. The summed E-state index contributed by atoms with van der Waals surface area (Å²) >= 11 is 1.60. The van der Waals surface area contributed by atoms with E-state index in [0.29, 0.717) is 5.69 Å². The van der Waals surface area contributed by atoms with Gasteiger partial charge in [-0.2, -0.15) is 0 Å². The Kier molecular flexibility index (Phi) is 5.72. The zero-order valence-corrected chi connectivity index (χ0v) is 17.9. The minimum Gasteiger partial charge on any atom is -0.361 e. The van der Waals surface area contributed by atoms with Crippen molar-refractivity contribution in [3.63, 3.8) is 0 Å². The van der Waals surface area contributed by atoms with Gasteiger partial charge in [0.25, 0.3) is 0 Å². The fourth-order valence-corrected chi connectivity index (χ4v) is 5.33. The number of para-hydroxylation sites is 1. The molecule has 0 aliphatic carbocycles.